The minimum Gasteiger partial charge on any atom is -0.494 e. The molecule has 1 aromatic rings. The van der Waals surface area contributed by atoms with Gasteiger partial charge in [0.05, 0.1) is 13.2 Å². The molecular formula is C24H43NO2. The first-order valence-corrected chi connectivity index (χ1v) is 10.9. The monoisotopic (exact) mass is 377 g/mol. The number of aliphatic hydroxyl groups is 1. The maximum atomic E-state index is 9.56. The molecule has 27 heavy (non-hydrogen) atoms. The van der Waals surface area contributed by atoms with E-state index in [-0.39, 0.29) is 12.5 Å². The van der Waals surface area contributed by atoms with E-state index in [2.05, 4.69) is 46.8 Å². The van der Waals surface area contributed by atoms with Gasteiger partial charge in [-0.05, 0) is 61.1 Å². The van der Waals surface area contributed by atoms with Gasteiger partial charge >= 0.3 is 0 Å². The highest BCUT2D eigenvalue weighted by Crippen LogP contribution is 2.22. The van der Waals surface area contributed by atoms with Gasteiger partial charge in [-0.2, -0.15) is 0 Å². The smallest absolute Gasteiger partial charge is 0.119 e. The topological polar surface area (TPSA) is 55.5 Å². The van der Waals surface area contributed by atoms with E-state index >= 15 is 0 Å². The zero-order chi connectivity index (χ0) is 20.3. The van der Waals surface area contributed by atoms with E-state index in [1.165, 1.54) is 31.2 Å². The molecule has 0 amide bonds. The van der Waals surface area contributed by atoms with Crippen LogP contribution in [0, 0.1) is 17.8 Å². The Morgan fingerprint density at radius 3 is 2.15 bits per heavy atom. The second-order valence-corrected chi connectivity index (χ2v) is 9.11. The number of hydrogen-bond acceptors (Lipinski definition) is 3. The summed E-state index contributed by atoms with van der Waals surface area (Å²) in [7, 11) is 0. The van der Waals surface area contributed by atoms with Crippen molar-refractivity contribution < 1.29 is 9.84 Å². The Balaban J connectivity index is 2.26. The molecule has 0 saturated carbocycles. The van der Waals surface area contributed by atoms with Crippen LogP contribution in [0.1, 0.15) is 78.7 Å². The van der Waals surface area contributed by atoms with Crippen molar-refractivity contribution in [2.75, 3.05) is 13.2 Å². The lowest BCUT2D eigenvalue weighted by atomic mass is 9.83. The van der Waals surface area contributed by atoms with E-state index in [1.54, 1.807) is 0 Å². The van der Waals surface area contributed by atoms with Crippen LogP contribution in [0.2, 0.25) is 0 Å². The Labute approximate surface area is 167 Å². The minimum absolute atomic E-state index is 0.0295. The number of aryl methyl sites for hydroxylation is 1. The highest BCUT2D eigenvalue weighted by atomic mass is 16.5. The molecule has 0 saturated heterocycles. The fraction of sp³-hybridized carbons (Fsp3) is 0.750. The Kier molecular flexibility index (Phi) is 11.0. The Morgan fingerprint density at radius 1 is 0.963 bits per heavy atom. The van der Waals surface area contributed by atoms with Gasteiger partial charge in [-0.15, -0.1) is 0 Å². The van der Waals surface area contributed by atoms with Crippen molar-refractivity contribution in [3.63, 3.8) is 0 Å². The molecule has 0 heterocycles. The molecule has 3 N–H and O–H groups in total. The number of benzene rings is 1. The largest absolute Gasteiger partial charge is 0.494 e. The summed E-state index contributed by atoms with van der Waals surface area (Å²) in [5.41, 5.74) is 7.04. The first kappa shape index (κ1) is 24.0. The molecule has 0 aliphatic rings. The normalized spacial score (nSPS) is 15.1. The van der Waals surface area contributed by atoms with Crippen LogP contribution in [0.4, 0.5) is 0 Å². The first-order valence-electron chi connectivity index (χ1n) is 10.9. The van der Waals surface area contributed by atoms with Crippen molar-refractivity contribution in [3.8, 4) is 5.75 Å². The molecule has 0 aliphatic carbocycles. The van der Waals surface area contributed by atoms with Crippen LogP contribution in [0.3, 0.4) is 0 Å². The average Bonchev–Trinajstić information content (AvgIpc) is 2.63. The van der Waals surface area contributed by atoms with Crippen molar-refractivity contribution in [3.05, 3.63) is 29.8 Å². The summed E-state index contributed by atoms with van der Waals surface area (Å²) in [6, 6.07) is 8.33. The van der Waals surface area contributed by atoms with E-state index in [4.69, 9.17) is 10.5 Å². The molecule has 1 aromatic carbocycles. The quantitative estimate of drug-likeness (QED) is 0.416. The van der Waals surface area contributed by atoms with Crippen molar-refractivity contribution in [1.29, 1.82) is 0 Å². The van der Waals surface area contributed by atoms with Crippen LogP contribution in [0.25, 0.3) is 0 Å². The molecule has 0 aliphatic heterocycles. The Hall–Kier alpha value is -1.06. The van der Waals surface area contributed by atoms with Gasteiger partial charge in [0.15, 0.2) is 0 Å². The number of ether oxygens (including phenoxy) is 1. The Bertz CT molecular complexity index is 498. The molecule has 2 atom stereocenters. The van der Waals surface area contributed by atoms with Crippen LogP contribution in [0.15, 0.2) is 24.3 Å². The molecule has 156 valence electrons. The van der Waals surface area contributed by atoms with Crippen molar-refractivity contribution in [1.82, 2.24) is 0 Å². The average molecular weight is 378 g/mol. The molecule has 3 heteroatoms. The molecule has 0 bridgehead atoms. The molecule has 3 nitrogen and oxygen atoms in total. The SMILES string of the molecule is CC(C)CCCC(C)CCCOc1ccc(CC[C@@](N)(CO)C(C)C)cc1. The summed E-state index contributed by atoms with van der Waals surface area (Å²) in [5.74, 6) is 2.81. The number of hydrogen-bond donors (Lipinski definition) is 2. The summed E-state index contributed by atoms with van der Waals surface area (Å²) in [5, 5.41) is 9.56. The minimum atomic E-state index is -0.499. The van der Waals surface area contributed by atoms with E-state index in [1.807, 2.05) is 12.1 Å². The van der Waals surface area contributed by atoms with Crippen molar-refractivity contribution in [2.45, 2.75) is 85.1 Å². The number of aliphatic hydroxyl groups excluding tert-OH is 1. The van der Waals surface area contributed by atoms with Crippen LogP contribution in [0.5, 0.6) is 5.75 Å². The number of rotatable bonds is 14. The van der Waals surface area contributed by atoms with Gasteiger partial charge in [-0.1, -0.05) is 66.0 Å². The van der Waals surface area contributed by atoms with Crippen LogP contribution in [-0.4, -0.2) is 23.9 Å². The molecule has 1 rings (SSSR count). The maximum absolute atomic E-state index is 9.56. The fourth-order valence-corrected chi connectivity index (χ4v) is 3.32. The molecule has 0 radical (unpaired) electrons. The first-order chi connectivity index (χ1) is 12.8. The summed E-state index contributed by atoms with van der Waals surface area (Å²) < 4.78 is 5.89. The van der Waals surface area contributed by atoms with Gasteiger partial charge in [-0.25, -0.2) is 0 Å². The Morgan fingerprint density at radius 2 is 1.59 bits per heavy atom. The van der Waals surface area contributed by atoms with Crippen LogP contribution >= 0.6 is 0 Å². The molecular weight excluding hydrogens is 334 g/mol. The third-order valence-electron chi connectivity index (χ3n) is 5.84. The molecule has 1 unspecified atom stereocenters. The third kappa shape index (κ3) is 9.62. The standard InChI is InChI=1S/C24H43NO2/c1-19(2)8-6-9-21(5)10-7-17-27-23-13-11-22(12-14-23)15-16-24(25,18-26)20(3)4/h11-14,19-21,26H,6-10,15-18,25H2,1-5H3/t21?,24-/m1/s1. The van der Waals surface area contributed by atoms with Crippen LogP contribution in [-0.2, 0) is 6.42 Å². The molecule has 0 aromatic heterocycles. The summed E-state index contributed by atoms with van der Waals surface area (Å²) in [4.78, 5) is 0. The maximum Gasteiger partial charge on any atom is 0.119 e. The molecule has 0 fully saturated rings. The highest BCUT2D eigenvalue weighted by molar-refractivity contribution is 5.27. The van der Waals surface area contributed by atoms with Gasteiger partial charge in [-0.3, -0.25) is 0 Å². The summed E-state index contributed by atoms with van der Waals surface area (Å²) >= 11 is 0. The second-order valence-electron chi connectivity index (χ2n) is 9.11. The van der Waals surface area contributed by atoms with E-state index < -0.39 is 5.54 Å². The van der Waals surface area contributed by atoms with E-state index in [9.17, 15) is 5.11 Å². The van der Waals surface area contributed by atoms with Gasteiger partial charge in [0.1, 0.15) is 5.75 Å². The zero-order valence-electron chi connectivity index (χ0n) is 18.3. The fourth-order valence-electron chi connectivity index (χ4n) is 3.32. The van der Waals surface area contributed by atoms with Gasteiger partial charge in [0.25, 0.3) is 0 Å². The van der Waals surface area contributed by atoms with E-state index in [0.29, 0.717) is 0 Å². The summed E-state index contributed by atoms with van der Waals surface area (Å²) in [6.45, 7) is 11.9. The zero-order valence-corrected chi connectivity index (χ0v) is 18.3. The van der Waals surface area contributed by atoms with Crippen molar-refractivity contribution in [2.24, 2.45) is 23.5 Å². The summed E-state index contributed by atoms with van der Waals surface area (Å²) in [6.07, 6.45) is 8.04. The lowest BCUT2D eigenvalue weighted by molar-refractivity contribution is 0.146. The van der Waals surface area contributed by atoms with Crippen LogP contribution < -0.4 is 10.5 Å². The van der Waals surface area contributed by atoms with Gasteiger partial charge in [0, 0.05) is 5.54 Å². The number of nitrogens with two attached hydrogens (primary N) is 1. The predicted octanol–water partition coefficient (Wildman–Crippen LogP) is 5.59. The third-order valence-corrected chi connectivity index (χ3v) is 5.84. The molecule has 0 spiro atoms. The predicted molar refractivity (Wildman–Crippen MR) is 116 cm³/mol. The van der Waals surface area contributed by atoms with E-state index in [0.717, 1.165) is 43.5 Å². The highest BCUT2D eigenvalue weighted by Gasteiger charge is 2.27. The van der Waals surface area contributed by atoms with Gasteiger partial charge < -0.3 is 15.6 Å². The lowest BCUT2D eigenvalue weighted by Gasteiger charge is -2.31. The second kappa shape index (κ2) is 12.4. The lowest BCUT2D eigenvalue weighted by Crippen LogP contribution is -2.48. The van der Waals surface area contributed by atoms with Gasteiger partial charge in [0.2, 0.25) is 0 Å². The van der Waals surface area contributed by atoms with Crippen molar-refractivity contribution >= 4 is 0 Å².